The molecule has 1 aliphatic rings. The number of rotatable bonds is 4. The molecule has 180 valence electrons. The lowest BCUT2D eigenvalue weighted by atomic mass is 9.96. The van der Waals surface area contributed by atoms with Crippen LogP contribution in [0.4, 0.5) is 13.2 Å². The van der Waals surface area contributed by atoms with Crippen LogP contribution in [0.1, 0.15) is 32.1 Å². The van der Waals surface area contributed by atoms with E-state index in [2.05, 4.69) is 5.10 Å². The van der Waals surface area contributed by atoms with Gasteiger partial charge in [-0.2, -0.15) is 26.7 Å². The molecule has 0 saturated heterocycles. The van der Waals surface area contributed by atoms with Crippen molar-refractivity contribution in [2.24, 2.45) is 12.0 Å². The summed E-state index contributed by atoms with van der Waals surface area (Å²) in [5.74, 6) is 0.848. The second-order valence-corrected chi connectivity index (χ2v) is 9.26. The molecule has 2 N–H and O–H groups in total. The van der Waals surface area contributed by atoms with Gasteiger partial charge in [0.2, 0.25) is 10.6 Å². The van der Waals surface area contributed by atoms with Crippen LogP contribution in [-0.4, -0.2) is 53.6 Å². The molecule has 14 heteroatoms. The standard InChI is InChI=1S/C17H23N3O3S.CHF3O3S/c1-20-17(18-12-7-5-4-6-8-12)24-16(19-20)11-9-13(21)15(23-3)14(10-11)22-2;2-1(3,4)8(5,6)7/h9-10,12,21H,4-8H2,1-3H3;(H,5,6,7). The Bertz CT molecular complexity index is 1090. The van der Waals surface area contributed by atoms with E-state index < -0.39 is 15.6 Å². The number of phenols is 1. The van der Waals surface area contributed by atoms with Gasteiger partial charge in [0.05, 0.1) is 20.3 Å². The third-order valence-electron chi connectivity index (χ3n) is 4.57. The maximum absolute atomic E-state index is 10.7. The van der Waals surface area contributed by atoms with Gasteiger partial charge < -0.3 is 14.6 Å². The SMILES string of the molecule is COc1cc(-c2nn(C)c(=NC3CCCCC3)s2)cc(O)c1OC.O=S(=O)(O)C(F)(F)F. The Kier molecular flexibility index (Phi) is 8.54. The van der Waals surface area contributed by atoms with E-state index in [9.17, 15) is 18.3 Å². The van der Waals surface area contributed by atoms with Crippen molar-refractivity contribution in [2.75, 3.05) is 14.2 Å². The quantitative estimate of drug-likeness (QED) is 0.488. The van der Waals surface area contributed by atoms with E-state index in [-0.39, 0.29) is 5.75 Å². The van der Waals surface area contributed by atoms with Crippen LogP contribution < -0.4 is 14.3 Å². The molecule has 0 amide bonds. The summed E-state index contributed by atoms with van der Waals surface area (Å²) in [4.78, 5) is 5.77. The summed E-state index contributed by atoms with van der Waals surface area (Å²) in [6.07, 6.45) is 6.14. The van der Waals surface area contributed by atoms with Crippen LogP contribution in [0.15, 0.2) is 17.1 Å². The predicted octanol–water partition coefficient (Wildman–Crippen LogP) is 3.50. The highest BCUT2D eigenvalue weighted by molar-refractivity contribution is 7.86. The molecule has 9 nitrogen and oxygen atoms in total. The van der Waals surface area contributed by atoms with Crippen molar-refractivity contribution in [3.05, 3.63) is 16.9 Å². The number of alkyl halides is 3. The van der Waals surface area contributed by atoms with Crippen LogP contribution in [0.3, 0.4) is 0 Å². The van der Waals surface area contributed by atoms with E-state index in [1.54, 1.807) is 13.2 Å². The smallest absolute Gasteiger partial charge is 0.504 e. The van der Waals surface area contributed by atoms with Crippen LogP contribution in [-0.2, 0) is 17.2 Å². The largest absolute Gasteiger partial charge is 0.522 e. The lowest BCUT2D eigenvalue weighted by molar-refractivity contribution is -0.0510. The molecule has 3 rings (SSSR count). The first-order valence-electron chi connectivity index (χ1n) is 9.44. The average molecular weight is 500 g/mol. The first kappa shape index (κ1) is 25.9. The number of aromatic nitrogens is 2. The van der Waals surface area contributed by atoms with Crippen molar-refractivity contribution in [2.45, 2.75) is 43.7 Å². The lowest BCUT2D eigenvalue weighted by Gasteiger charge is -2.16. The third-order valence-corrected chi connectivity index (χ3v) is 6.22. The lowest BCUT2D eigenvalue weighted by Crippen LogP contribution is -2.21. The number of benzene rings is 1. The van der Waals surface area contributed by atoms with Crippen LogP contribution >= 0.6 is 11.3 Å². The Morgan fingerprint density at radius 1 is 1.19 bits per heavy atom. The van der Waals surface area contributed by atoms with Crippen LogP contribution in [0.2, 0.25) is 0 Å². The molecular weight excluding hydrogens is 475 g/mol. The molecule has 0 aliphatic heterocycles. The first-order chi connectivity index (χ1) is 14.9. The van der Waals surface area contributed by atoms with Crippen molar-refractivity contribution in [3.63, 3.8) is 0 Å². The number of nitrogens with zero attached hydrogens (tertiary/aromatic N) is 3. The zero-order valence-corrected chi connectivity index (χ0v) is 19.2. The predicted molar refractivity (Wildman–Crippen MR) is 111 cm³/mol. The summed E-state index contributed by atoms with van der Waals surface area (Å²) >= 11 is 1.53. The second kappa shape index (κ2) is 10.5. The number of phenolic OH excluding ortho intramolecular Hbond substituents is 1. The van der Waals surface area contributed by atoms with Gasteiger partial charge in [0, 0.05) is 12.6 Å². The van der Waals surface area contributed by atoms with Crippen molar-refractivity contribution < 1.29 is 40.7 Å². The van der Waals surface area contributed by atoms with Gasteiger partial charge in [-0.25, -0.2) is 4.68 Å². The summed E-state index contributed by atoms with van der Waals surface area (Å²) in [5, 5.41) is 15.5. The summed E-state index contributed by atoms with van der Waals surface area (Å²) in [6, 6.07) is 3.86. The van der Waals surface area contributed by atoms with E-state index in [0.29, 0.717) is 17.5 Å². The van der Waals surface area contributed by atoms with Gasteiger partial charge in [0.25, 0.3) is 0 Å². The molecule has 0 spiro atoms. The molecule has 0 bridgehead atoms. The Morgan fingerprint density at radius 3 is 2.28 bits per heavy atom. The minimum Gasteiger partial charge on any atom is -0.504 e. The second-order valence-electron chi connectivity index (χ2n) is 6.89. The summed E-state index contributed by atoms with van der Waals surface area (Å²) < 4.78 is 69.8. The van der Waals surface area contributed by atoms with Crippen LogP contribution in [0.25, 0.3) is 10.6 Å². The number of aryl methyl sites for hydroxylation is 1. The Hall–Kier alpha value is -2.32. The third kappa shape index (κ3) is 6.59. The average Bonchev–Trinajstić information content (AvgIpc) is 3.07. The van der Waals surface area contributed by atoms with Crippen molar-refractivity contribution in [1.82, 2.24) is 9.78 Å². The van der Waals surface area contributed by atoms with E-state index in [0.717, 1.165) is 28.2 Å². The fraction of sp³-hybridized carbons (Fsp3) is 0.556. The van der Waals surface area contributed by atoms with E-state index in [1.165, 1.54) is 37.7 Å². The molecule has 1 aromatic carbocycles. The molecule has 1 aromatic heterocycles. The minimum atomic E-state index is -5.84. The van der Waals surface area contributed by atoms with E-state index in [4.69, 9.17) is 27.4 Å². The fourth-order valence-electron chi connectivity index (χ4n) is 3.01. The van der Waals surface area contributed by atoms with Crippen LogP contribution in [0, 0.1) is 0 Å². The molecule has 0 radical (unpaired) electrons. The minimum absolute atomic E-state index is 0.0375. The van der Waals surface area contributed by atoms with Crippen molar-refractivity contribution in [3.8, 4) is 27.8 Å². The zero-order valence-electron chi connectivity index (χ0n) is 17.6. The number of hydrogen-bond donors (Lipinski definition) is 2. The number of aromatic hydroxyl groups is 1. The molecule has 1 aliphatic carbocycles. The van der Waals surface area contributed by atoms with Gasteiger partial charge in [-0.05, 0) is 25.0 Å². The number of ether oxygens (including phenoxy) is 2. The van der Waals surface area contributed by atoms with Gasteiger partial charge in [0.15, 0.2) is 11.5 Å². The van der Waals surface area contributed by atoms with Crippen molar-refractivity contribution in [1.29, 1.82) is 0 Å². The topological polar surface area (TPSA) is 123 Å². The van der Waals surface area contributed by atoms with Gasteiger partial charge in [-0.3, -0.25) is 9.55 Å². The summed E-state index contributed by atoms with van der Waals surface area (Å²) in [5.41, 5.74) is -4.75. The molecular formula is C18H24F3N3O6S2. The van der Waals surface area contributed by atoms with Gasteiger partial charge in [0.1, 0.15) is 5.01 Å². The maximum Gasteiger partial charge on any atom is 0.522 e. The number of methoxy groups -OCH3 is 2. The van der Waals surface area contributed by atoms with Crippen molar-refractivity contribution >= 4 is 21.5 Å². The molecule has 1 saturated carbocycles. The Morgan fingerprint density at radius 2 is 1.78 bits per heavy atom. The highest BCUT2D eigenvalue weighted by Gasteiger charge is 2.44. The highest BCUT2D eigenvalue weighted by atomic mass is 32.2. The maximum atomic E-state index is 10.7. The van der Waals surface area contributed by atoms with Gasteiger partial charge in [-0.15, -0.1) is 0 Å². The van der Waals surface area contributed by atoms with E-state index >= 15 is 0 Å². The molecule has 2 aromatic rings. The fourth-order valence-corrected chi connectivity index (χ4v) is 3.96. The van der Waals surface area contributed by atoms with Gasteiger partial charge >= 0.3 is 15.6 Å². The van der Waals surface area contributed by atoms with Crippen LogP contribution in [0.5, 0.6) is 17.2 Å². The van der Waals surface area contributed by atoms with E-state index in [1.807, 2.05) is 17.8 Å². The molecule has 1 heterocycles. The molecule has 1 fully saturated rings. The zero-order chi connectivity index (χ0) is 24.1. The normalized spacial score (nSPS) is 15.8. The highest BCUT2D eigenvalue weighted by Crippen LogP contribution is 2.40. The molecule has 0 unspecified atom stereocenters. The Labute approximate surface area is 186 Å². The molecule has 0 atom stereocenters. The monoisotopic (exact) mass is 499 g/mol. The first-order valence-corrected chi connectivity index (χ1v) is 11.7. The molecule has 32 heavy (non-hydrogen) atoms. The summed E-state index contributed by atoms with van der Waals surface area (Å²) in [7, 11) is -0.885. The number of halogens is 3. The Balaban J connectivity index is 0.000000390. The van der Waals surface area contributed by atoms with Gasteiger partial charge in [-0.1, -0.05) is 30.6 Å². The summed E-state index contributed by atoms with van der Waals surface area (Å²) in [6.45, 7) is 0. The number of hydrogen-bond acceptors (Lipinski definition) is 8.